The molecule has 0 aliphatic carbocycles. The Morgan fingerprint density at radius 1 is 1.15 bits per heavy atom. The fourth-order valence-corrected chi connectivity index (χ4v) is 3.37. The minimum absolute atomic E-state index is 0.0550. The fraction of sp³-hybridized carbons (Fsp3) is 0. The van der Waals surface area contributed by atoms with E-state index in [4.69, 9.17) is 4.42 Å². The van der Waals surface area contributed by atoms with Crippen molar-refractivity contribution in [2.75, 3.05) is 5.32 Å². The Labute approximate surface area is 155 Å². The van der Waals surface area contributed by atoms with Crippen LogP contribution in [0.2, 0.25) is 0 Å². The molecule has 2 N–H and O–H groups in total. The lowest BCUT2D eigenvalue weighted by Gasteiger charge is -2.04. The van der Waals surface area contributed by atoms with Gasteiger partial charge < -0.3 is 14.8 Å². The van der Waals surface area contributed by atoms with Gasteiger partial charge in [0.15, 0.2) is 5.13 Å². The second kappa shape index (κ2) is 6.54. The number of benzene rings is 2. The van der Waals surface area contributed by atoms with E-state index in [0.717, 1.165) is 11.3 Å². The van der Waals surface area contributed by atoms with Crippen LogP contribution in [0.1, 0.15) is 0 Å². The topological polar surface area (TPSA) is 119 Å². The van der Waals surface area contributed by atoms with Crippen molar-refractivity contribution >= 4 is 38.8 Å². The molecule has 0 saturated carbocycles. The van der Waals surface area contributed by atoms with Gasteiger partial charge in [-0.2, -0.15) is 0 Å². The second-order valence-electron chi connectivity index (χ2n) is 5.55. The minimum atomic E-state index is -0.714. The molecule has 0 radical (unpaired) electrons. The van der Waals surface area contributed by atoms with E-state index < -0.39 is 10.5 Å². The Bertz CT molecular complexity index is 1230. The molecule has 0 saturated heterocycles. The maximum absolute atomic E-state index is 12.3. The van der Waals surface area contributed by atoms with Gasteiger partial charge in [-0.05, 0) is 18.2 Å². The van der Waals surface area contributed by atoms with Gasteiger partial charge in [-0.25, -0.2) is 9.78 Å². The van der Waals surface area contributed by atoms with Crippen molar-refractivity contribution < 1.29 is 14.4 Å². The third kappa shape index (κ3) is 3.00. The molecule has 134 valence electrons. The highest BCUT2D eigenvalue weighted by Crippen LogP contribution is 2.35. The smallest absolute Gasteiger partial charge is 0.349 e. The molecule has 4 rings (SSSR count). The van der Waals surface area contributed by atoms with Crippen LogP contribution in [0.3, 0.4) is 0 Å². The predicted octanol–water partition coefficient (Wildman–Crippen LogP) is 4.27. The summed E-state index contributed by atoms with van der Waals surface area (Å²) in [5.41, 5.74) is -0.0925. The lowest BCUT2D eigenvalue weighted by Crippen LogP contribution is -2.04. The molecule has 0 fully saturated rings. The van der Waals surface area contributed by atoms with Gasteiger partial charge in [0.25, 0.3) is 5.69 Å². The van der Waals surface area contributed by atoms with Crippen molar-refractivity contribution in [3.05, 3.63) is 74.4 Å². The van der Waals surface area contributed by atoms with Crippen LogP contribution in [-0.2, 0) is 0 Å². The van der Waals surface area contributed by atoms with Crippen LogP contribution in [0, 0.1) is 10.1 Å². The first kappa shape index (κ1) is 16.7. The van der Waals surface area contributed by atoms with Gasteiger partial charge >= 0.3 is 5.63 Å². The van der Waals surface area contributed by atoms with Gasteiger partial charge in [-0.3, -0.25) is 10.1 Å². The van der Waals surface area contributed by atoms with Crippen molar-refractivity contribution in [3.8, 4) is 17.0 Å². The molecule has 0 aliphatic heterocycles. The predicted molar refractivity (Wildman–Crippen MR) is 102 cm³/mol. The molecule has 2 aromatic heterocycles. The van der Waals surface area contributed by atoms with Gasteiger partial charge in [0.2, 0.25) is 0 Å². The number of nitro groups is 1. The molecule has 0 amide bonds. The van der Waals surface area contributed by atoms with Crippen LogP contribution in [0.5, 0.6) is 5.75 Å². The van der Waals surface area contributed by atoms with E-state index in [9.17, 15) is 20.0 Å². The van der Waals surface area contributed by atoms with Gasteiger partial charge in [0.05, 0.1) is 16.0 Å². The number of hydrogen-bond acceptors (Lipinski definition) is 8. The number of nitrogens with one attached hydrogen (secondary N) is 1. The number of hydrogen-bond donors (Lipinski definition) is 2. The number of para-hydroxylation sites is 3. The molecule has 0 unspecified atom stereocenters. The molecule has 0 bridgehead atoms. The maximum Gasteiger partial charge on any atom is 0.349 e. The monoisotopic (exact) mass is 381 g/mol. The zero-order valence-corrected chi connectivity index (χ0v) is 14.4. The Morgan fingerprint density at radius 3 is 2.70 bits per heavy atom. The number of rotatable bonds is 4. The first-order valence-electron chi connectivity index (χ1n) is 7.76. The van der Waals surface area contributed by atoms with Crippen LogP contribution in [-0.4, -0.2) is 15.0 Å². The number of anilines is 2. The SMILES string of the molecule is O=c1oc2ccccc2c(O)c1-c1csc(Nc2ccccc2[N+](=O)[O-])n1. The van der Waals surface area contributed by atoms with Crippen LogP contribution in [0.25, 0.3) is 22.2 Å². The van der Waals surface area contributed by atoms with Crippen molar-refractivity contribution in [3.63, 3.8) is 0 Å². The Kier molecular flexibility index (Phi) is 4.05. The van der Waals surface area contributed by atoms with E-state index in [1.54, 1.807) is 47.8 Å². The van der Waals surface area contributed by atoms with Gasteiger partial charge in [-0.15, -0.1) is 11.3 Å². The van der Waals surface area contributed by atoms with E-state index >= 15 is 0 Å². The van der Waals surface area contributed by atoms with Gasteiger partial charge in [-0.1, -0.05) is 24.3 Å². The molecule has 0 aliphatic rings. The normalized spacial score (nSPS) is 10.8. The highest BCUT2D eigenvalue weighted by atomic mass is 32.1. The molecule has 0 spiro atoms. The molecule has 9 heteroatoms. The highest BCUT2D eigenvalue weighted by Gasteiger charge is 2.19. The maximum atomic E-state index is 12.3. The summed E-state index contributed by atoms with van der Waals surface area (Å²) in [6.45, 7) is 0. The third-order valence-corrected chi connectivity index (χ3v) is 4.65. The lowest BCUT2D eigenvalue weighted by atomic mass is 10.1. The fourth-order valence-electron chi connectivity index (χ4n) is 2.66. The van der Waals surface area contributed by atoms with Crippen LogP contribution >= 0.6 is 11.3 Å². The summed E-state index contributed by atoms with van der Waals surface area (Å²) in [4.78, 5) is 27.2. The van der Waals surface area contributed by atoms with Gasteiger partial charge in [0, 0.05) is 11.4 Å². The van der Waals surface area contributed by atoms with Crippen molar-refractivity contribution in [2.45, 2.75) is 0 Å². The molecular formula is C18H11N3O5S. The number of fused-ring (bicyclic) bond motifs is 1. The average molecular weight is 381 g/mol. The van der Waals surface area contributed by atoms with E-state index in [1.165, 1.54) is 6.07 Å². The lowest BCUT2D eigenvalue weighted by molar-refractivity contribution is -0.383. The third-order valence-electron chi connectivity index (χ3n) is 3.89. The zero-order valence-electron chi connectivity index (χ0n) is 13.6. The average Bonchev–Trinajstić information content (AvgIpc) is 3.10. The standard InChI is InChI=1S/C18H11N3O5S/c22-16-10-5-1-4-8-14(10)26-17(23)15(16)12-9-27-18(20-12)19-11-6-2-3-7-13(11)21(24)25/h1-9,22H,(H,19,20). The van der Waals surface area contributed by atoms with E-state index in [2.05, 4.69) is 10.3 Å². The second-order valence-corrected chi connectivity index (χ2v) is 6.40. The highest BCUT2D eigenvalue weighted by molar-refractivity contribution is 7.14. The number of aromatic nitrogens is 1. The molecule has 2 heterocycles. The number of nitrogens with zero attached hydrogens (tertiary/aromatic N) is 2. The number of nitro benzene ring substituents is 1. The molecule has 8 nitrogen and oxygen atoms in total. The Hall–Kier alpha value is -3.72. The molecular weight excluding hydrogens is 370 g/mol. The van der Waals surface area contributed by atoms with Crippen LogP contribution < -0.4 is 10.9 Å². The molecule has 4 aromatic rings. The quantitative estimate of drug-likeness (QED) is 0.308. The summed E-state index contributed by atoms with van der Waals surface area (Å²) < 4.78 is 5.25. The molecule has 2 aromatic carbocycles. The summed E-state index contributed by atoms with van der Waals surface area (Å²) in [6.07, 6.45) is 0. The van der Waals surface area contributed by atoms with E-state index in [1.807, 2.05) is 0 Å². The summed E-state index contributed by atoms with van der Waals surface area (Å²) >= 11 is 1.15. The number of thiazole rings is 1. The van der Waals surface area contributed by atoms with E-state index in [0.29, 0.717) is 10.5 Å². The first-order chi connectivity index (χ1) is 13.0. The van der Waals surface area contributed by atoms with Crippen LogP contribution in [0.15, 0.2) is 63.1 Å². The largest absolute Gasteiger partial charge is 0.506 e. The first-order valence-corrected chi connectivity index (χ1v) is 8.63. The molecule has 0 atom stereocenters. The summed E-state index contributed by atoms with van der Waals surface area (Å²) in [5, 5.41) is 26.8. The van der Waals surface area contributed by atoms with Crippen molar-refractivity contribution in [1.29, 1.82) is 0 Å². The minimum Gasteiger partial charge on any atom is -0.506 e. The molecule has 27 heavy (non-hydrogen) atoms. The summed E-state index contributed by atoms with van der Waals surface area (Å²) in [6, 6.07) is 12.8. The van der Waals surface area contributed by atoms with Gasteiger partial charge in [0.1, 0.15) is 22.6 Å². The van der Waals surface area contributed by atoms with E-state index in [-0.39, 0.29) is 34.0 Å². The Morgan fingerprint density at radius 2 is 1.89 bits per heavy atom. The van der Waals surface area contributed by atoms with Crippen molar-refractivity contribution in [1.82, 2.24) is 4.98 Å². The summed E-state index contributed by atoms with van der Waals surface area (Å²) in [7, 11) is 0. The van der Waals surface area contributed by atoms with Crippen molar-refractivity contribution in [2.24, 2.45) is 0 Å². The zero-order chi connectivity index (χ0) is 19.0. The summed E-state index contributed by atoms with van der Waals surface area (Å²) in [5.74, 6) is -0.218. The Balaban J connectivity index is 1.75. The number of aromatic hydroxyl groups is 1. The van der Waals surface area contributed by atoms with Crippen LogP contribution in [0.4, 0.5) is 16.5 Å².